The molecule has 0 unspecified atom stereocenters. The molecule has 0 aliphatic rings. The molecule has 0 heterocycles. The Morgan fingerprint density at radius 3 is 1.11 bits per heavy atom. The zero-order chi connectivity index (χ0) is 24.8. The van der Waals surface area contributed by atoms with Crippen molar-refractivity contribution < 1.29 is 59.1 Å². The van der Waals surface area contributed by atoms with Crippen molar-refractivity contribution in [1.82, 2.24) is 0 Å². The molecule has 0 aromatic carbocycles. The van der Waals surface area contributed by atoms with Crippen molar-refractivity contribution in [2.75, 3.05) is 5.75 Å². The van der Waals surface area contributed by atoms with Crippen molar-refractivity contribution in [2.24, 2.45) is 0 Å². The van der Waals surface area contributed by atoms with Gasteiger partial charge in [-0.15, -0.1) is 0 Å². The summed E-state index contributed by atoms with van der Waals surface area (Å²) in [5, 5.41) is 0. The van der Waals surface area contributed by atoms with Crippen LogP contribution < -0.4 is 59.1 Å². The average molecular weight is 491 g/mol. The van der Waals surface area contributed by atoms with Crippen LogP contribution in [-0.2, 0) is 0 Å². The van der Waals surface area contributed by atoms with Gasteiger partial charge in [0.2, 0.25) is 0 Å². The minimum atomic E-state index is -0.821. The van der Waals surface area contributed by atoms with Gasteiger partial charge in [-0.05, 0) is 0 Å². The van der Waals surface area contributed by atoms with Crippen LogP contribution in [0.25, 0.3) is 0 Å². The SMILES string of the molecule is [10B-][10BH][10B]([10BH2])S(=[10B][10B]([10BH2])[10BH2])(=[10B][10B]([10BH2])[10BH2])CCCCCCCCCCCCCCCCCCCC.[Na+].[Na+]. The number of hydrogen-bond donors (Lipinski definition) is 0. The van der Waals surface area contributed by atoms with Crippen LogP contribution in [0.1, 0.15) is 122 Å². The minimum absolute atomic E-state index is 0. The molecule has 0 fully saturated rings. The van der Waals surface area contributed by atoms with E-state index in [9.17, 15) is 0 Å². The summed E-state index contributed by atoms with van der Waals surface area (Å²) in [6.07, 6.45) is 27.4. The molecule has 0 rings (SSSR count). The molecule has 175 valence electrons. The molecule has 0 aliphatic carbocycles. The van der Waals surface area contributed by atoms with Crippen LogP contribution in [0.4, 0.5) is 0 Å². The van der Waals surface area contributed by atoms with Gasteiger partial charge in [0.1, 0.15) is 0 Å². The van der Waals surface area contributed by atoms with Crippen LogP contribution in [0.15, 0.2) is 0 Å². The normalized spacial score (nSPS) is 10.3. The van der Waals surface area contributed by atoms with Crippen LogP contribution >= 0.6 is 8.73 Å². The van der Waals surface area contributed by atoms with Gasteiger partial charge in [0.25, 0.3) is 0 Å². The predicted molar refractivity (Wildman–Crippen MR) is 186 cm³/mol. The first kappa shape index (κ1) is 42.6. The van der Waals surface area contributed by atoms with Crippen LogP contribution in [-0.4, -0.2) is 89.9 Å². The molecule has 35 heavy (non-hydrogen) atoms. The van der Waals surface area contributed by atoms with Gasteiger partial charge in [0.15, 0.2) is 0 Å². The third-order valence-electron chi connectivity index (χ3n) is 6.98. The first-order chi connectivity index (χ1) is 15.9. The Morgan fingerprint density at radius 1 is 0.571 bits per heavy atom. The Hall–Kier alpha value is 3.13. The van der Waals surface area contributed by atoms with Crippen molar-refractivity contribution in [3.05, 3.63) is 0 Å². The summed E-state index contributed by atoms with van der Waals surface area (Å²) in [7, 11) is 17.9. The van der Waals surface area contributed by atoms with E-state index in [2.05, 4.69) is 57.7 Å². The van der Waals surface area contributed by atoms with Crippen LogP contribution in [0.3, 0.4) is 0 Å². The second-order valence-corrected chi connectivity index (χ2v) is 15.0. The molecule has 0 saturated carbocycles. The van der Waals surface area contributed by atoms with E-state index in [1.54, 1.807) is 0 Å². The quantitative estimate of drug-likeness (QED) is 0.0992. The van der Waals surface area contributed by atoms with E-state index in [4.69, 9.17) is 7.74 Å². The summed E-state index contributed by atoms with van der Waals surface area (Å²) in [5.41, 5.74) is 0. The van der Waals surface area contributed by atoms with Crippen molar-refractivity contribution in [1.29, 1.82) is 0 Å². The van der Waals surface area contributed by atoms with Crippen molar-refractivity contribution >= 4 is 92.9 Å². The molecular weight excluding hydrogens is 438 g/mol. The van der Waals surface area contributed by atoms with E-state index in [1.807, 2.05) is 0 Å². The maximum atomic E-state index is 6.16. The van der Waals surface area contributed by atoms with E-state index >= 15 is 0 Å². The van der Waals surface area contributed by atoms with Crippen LogP contribution in [0, 0.1) is 0 Å². The molecule has 0 saturated heterocycles. The summed E-state index contributed by atoms with van der Waals surface area (Å²) < 4.78 is 0. The first-order valence-electron chi connectivity index (χ1n) is 15.1. The van der Waals surface area contributed by atoms with Crippen LogP contribution in [0.2, 0.25) is 0 Å². The Kier molecular flexibility index (Phi) is 36.6. The van der Waals surface area contributed by atoms with Gasteiger partial charge < -0.3 is 0 Å². The maximum absolute atomic E-state index is 6.16. The third kappa shape index (κ3) is 25.8. The van der Waals surface area contributed by atoms with Crippen LogP contribution in [0.5, 0.6) is 0 Å². The number of rotatable bonds is 23. The molecule has 0 atom stereocenters. The Bertz CT molecular complexity index is 540. The van der Waals surface area contributed by atoms with Crippen molar-refractivity contribution in [2.45, 2.75) is 122 Å². The van der Waals surface area contributed by atoms with E-state index in [0.29, 0.717) is 18.5 Å². The number of unbranched alkanes of at least 4 members (excludes halogenated alkanes) is 17. The Labute approximate surface area is 277 Å². The zero-order valence-electron chi connectivity index (χ0n) is 26.0. The minimum Gasteiger partial charge on any atom is -0.0654 e. The van der Waals surface area contributed by atoms with Crippen molar-refractivity contribution in [3.8, 4) is 0 Å². The molecule has 0 N–H and O–H groups in total. The van der Waals surface area contributed by atoms with E-state index < -0.39 is 8.73 Å². The zero-order valence-corrected chi connectivity index (χ0v) is 30.8. The van der Waals surface area contributed by atoms with Gasteiger partial charge in [0, 0.05) is 0 Å². The molecule has 3 radical (unpaired) electrons. The summed E-state index contributed by atoms with van der Waals surface area (Å²) in [4.78, 5) is 0. The molecule has 0 aromatic heterocycles. The average Bonchev–Trinajstić information content (AvgIpc) is 2.76. The fourth-order valence-corrected chi connectivity index (χ4v) is 9.49. The number of hydrogen-bond acceptors (Lipinski definition) is 0. The monoisotopic (exact) mass is 491 g/mol. The second kappa shape index (κ2) is 30.1. The second-order valence-electron chi connectivity index (χ2n) is 11.4. The molecule has 0 amide bonds. The predicted octanol–water partition coefficient (Wildman–Crippen LogP) is -5.28. The summed E-state index contributed by atoms with van der Waals surface area (Å²) in [6.45, 7) is 2.30. The van der Waals surface area contributed by atoms with E-state index in [0.717, 1.165) is 7.06 Å². The smallest absolute Gasteiger partial charge is 0.0654 e. The van der Waals surface area contributed by atoms with E-state index in [1.165, 1.54) is 121 Å². The first-order valence-corrected chi connectivity index (χ1v) is 17.1. The molecule has 15 heteroatoms. The molecule has 0 spiro atoms. The van der Waals surface area contributed by atoms with E-state index in [-0.39, 0.29) is 59.1 Å². The summed E-state index contributed by atoms with van der Waals surface area (Å²) in [5.74, 6) is 1.98. The molecule has 0 bridgehead atoms. The van der Waals surface area contributed by atoms with Gasteiger partial charge in [-0.3, -0.25) is 0 Å². The third-order valence-corrected chi connectivity index (χ3v) is 11.8. The fourth-order valence-electron chi connectivity index (χ4n) is 5.10. The van der Waals surface area contributed by atoms with Crippen molar-refractivity contribution in [3.63, 3.8) is 0 Å². The topological polar surface area (TPSA) is 0 Å². The molecule has 0 nitrogen and oxygen atoms in total. The Balaban J connectivity index is -0.00000512. The molecule has 0 aromatic rings. The Morgan fingerprint density at radius 2 is 0.857 bits per heavy atom. The van der Waals surface area contributed by atoms with Gasteiger partial charge >= 0.3 is 222 Å². The standard InChI is InChI=1S/C20H52B12S.2Na/c1-2-3-4-5-6-7-8-9-10-11-12-13-14-15-16-17-18-19-20-33(28-30(22)23,29-31(24)25)32(26)27-21;;/h27H,2-20,22-26H2,1H3;;/q-1;2*+1/i21-1,22-1,23-1,24-1,25-1,26-1,27-1,28-1,29-1,30-1,31-1,32-1;;. The van der Waals surface area contributed by atoms with Gasteiger partial charge in [-0.2, -0.15) is 0 Å². The molecule has 0 aliphatic heterocycles. The fraction of sp³-hybridized carbons (Fsp3) is 1.00. The summed E-state index contributed by atoms with van der Waals surface area (Å²) in [6, 6.07) is 5.36. The van der Waals surface area contributed by atoms with Gasteiger partial charge in [0.05, 0.1) is 0 Å². The van der Waals surface area contributed by atoms with Gasteiger partial charge in [-0.1, -0.05) is 58.3 Å². The molecular formula is C20H52B12Na2S+. The van der Waals surface area contributed by atoms with Gasteiger partial charge in [-0.25, -0.2) is 0 Å². The summed E-state index contributed by atoms with van der Waals surface area (Å²) >= 11 is 0.